The predicted octanol–water partition coefficient (Wildman–Crippen LogP) is 1.76. The fraction of sp³-hybridized carbons (Fsp3) is 0.625. The number of nitrogens with zero attached hydrogens (tertiary/aromatic N) is 2. The molecule has 1 aromatic heterocycles. The Morgan fingerprint density at radius 3 is 2.65 bits per heavy atom. The van der Waals surface area contributed by atoms with Crippen LogP contribution in [0.15, 0.2) is 28.0 Å². The zero-order valence-electron chi connectivity index (χ0n) is 14.3. The van der Waals surface area contributed by atoms with Crippen LogP contribution in [-0.4, -0.2) is 43.9 Å². The minimum Gasteiger partial charge on any atom is -0.380 e. The van der Waals surface area contributed by atoms with E-state index in [4.69, 9.17) is 4.74 Å². The van der Waals surface area contributed by atoms with Gasteiger partial charge in [0.2, 0.25) is 0 Å². The van der Waals surface area contributed by atoms with Gasteiger partial charge in [-0.15, -0.1) is 24.0 Å². The summed E-state index contributed by atoms with van der Waals surface area (Å²) in [6, 6.07) is 5.37. The van der Waals surface area contributed by atoms with Crippen LogP contribution in [0.25, 0.3) is 0 Å². The third-order valence-electron chi connectivity index (χ3n) is 3.34. The zero-order valence-corrected chi connectivity index (χ0v) is 16.6. The lowest BCUT2D eigenvalue weighted by molar-refractivity contribution is 0.152. The van der Waals surface area contributed by atoms with Gasteiger partial charge in [-0.1, -0.05) is 6.07 Å². The first-order chi connectivity index (χ1) is 10.7. The number of ether oxygens (including phenoxy) is 1. The Bertz CT molecular complexity index is 517. The second-order valence-corrected chi connectivity index (χ2v) is 4.99. The highest BCUT2D eigenvalue weighted by atomic mass is 127. The smallest absolute Gasteiger partial charge is 0.250 e. The van der Waals surface area contributed by atoms with Gasteiger partial charge in [0.05, 0.1) is 6.61 Å². The van der Waals surface area contributed by atoms with Gasteiger partial charge < -0.3 is 19.9 Å². The predicted molar refractivity (Wildman–Crippen MR) is 106 cm³/mol. The molecule has 7 heteroatoms. The van der Waals surface area contributed by atoms with E-state index in [1.807, 2.05) is 24.5 Å². The first kappa shape index (κ1) is 21.9. The van der Waals surface area contributed by atoms with Crippen molar-refractivity contribution in [3.63, 3.8) is 0 Å². The van der Waals surface area contributed by atoms with Crippen LogP contribution in [0.5, 0.6) is 0 Å². The molecule has 0 atom stereocenters. The van der Waals surface area contributed by atoms with E-state index in [0.717, 1.165) is 50.7 Å². The highest BCUT2D eigenvalue weighted by Gasteiger charge is 2.00. The number of nitrogens with one attached hydrogen (secondary N) is 2. The van der Waals surface area contributed by atoms with E-state index >= 15 is 0 Å². The number of guanidine groups is 1. The molecule has 0 saturated carbocycles. The molecule has 0 radical (unpaired) electrons. The molecule has 0 amide bonds. The Morgan fingerprint density at radius 2 is 2.00 bits per heavy atom. The number of halogens is 1. The van der Waals surface area contributed by atoms with Crippen molar-refractivity contribution in [1.82, 2.24) is 15.2 Å². The van der Waals surface area contributed by atoms with E-state index in [9.17, 15) is 4.79 Å². The van der Waals surface area contributed by atoms with Crippen LogP contribution in [0.2, 0.25) is 0 Å². The summed E-state index contributed by atoms with van der Waals surface area (Å²) in [5.41, 5.74) is 1.08. The summed E-state index contributed by atoms with van der Waals surface area (Å²) in [4.78, 5) is 15.9. The van der Waals surface area contributed by atoms with Crippen molar-refractivity contribution in [2.45, 2.75) is 33.2 Å². The highest BCUT2D eigenvalue weighted by molar-refractivity contribution is 14.0. The van der Waals surface area contributed by atoms with Gasteiger partial charge in [0.15, 0.2) is 5.96 Å². The highest BCUT2D eigenvalue weighted by Crippen LogP contribution is 1.97. The quantitative estimate of drug-likeness (QED) is 0.268. The molecule has 1 heterocycles. The normalized spacial score (nSPS) is 11.0. The minimum absolute atomic E-state index is 0. The summed E-state index contributed by atoms with van der Waals surface area (Å²) < 4.78 is 7.08. The number of aromatic nitrogens is 1. The van der Waals surface area contributed by atoms with Gasteiger partial charge in [-0.2, -0.15) is 0 Å². The Morgan fingerprint density at radius 1 is 1.26 bits per heavy atom. The van der Waals surface area contributed by atoms with Crippen LogP contribution in [0.4, 0.5) is 0 Å². The Labute approximate surface area is 155 Å². The second-order valence-electron chi connectivity index (χ2n) is 4.99. The number of aryl methyl sites for hydroxylation is 1. The van der Waals surface area contributed by atoms with E-state index in [2.05, 4.69) is 15.6 Å². The van der Waals surface area contributed by atoms with Crippen molar-refractivity contribution in [1.29, 1.82) is 0 Å². The molecule has 0 aliphatic rings. The largest absolute Gasteiger partial charge is 0.380 e. The number of rotatable bonds is 9. The van der Waals surface area contributed by atoms with Gasteiger partial charge in [0.1, 0.15) is 0 Å². The molecular formula is C16H29IN4O2. The van der Waals surface area contributed by atoms with Crippen LogP contribution in [0.3, 0.4) is 0 Å². The summed E-state index contributed by atoms with van der Waals surface area (Å²) in [5, 5.41) is 6.45. The summed E-state index contributed by atoms with van der Waals surface area (Å²) in [6.45, 7) is 7.67. The average Bonchev–Trinajstić information content (AvgIpc) is 2.51. The summed E-state index contributed by atoms with van der Waals surface area (Å²) in [5.74, 6) is 0.785. The lowest BCUT2D eigenvalue weighted by atomic mass is 10.3. The minimum atomic E-state index is 0. The van der Waals surface area contributed by atoms with Gasteiger partial charge >= 0.3 is 0 Å². The molecule has 0 aliphatic heterocycles. The van der Waals surface area contributed by atoms with Crippen LogP contribution in [0.1, 0.15) is 25.5 Å². The molecule has 0 unspecified atom stereocenters. The van der Waals surface area contributed by atoms with Crippen LogP contribution in [-0.2, 0) is 11.3 Å². The Balaban J connectivity index is 0.00000484. The second kappa shape index (κ2) is 13.4. The van der Waals surface area contributed by atoms with Gasteiger partial charge in [0, 0.05) is 45.0 Å². The number of pyridine rings is 1. The molecule has 0 bridgehead atoms. The molecule has 0 saturated heterocycles. The monoisotopic (exact) mass is 436 g/mol. The van der Waals surface area contributed by atoms with Gasteiger partial charge in [0.25, 0.3) is 5.56 Å². The van der Waals surface area contributed by atoms with Crippen molar-refractivity contribution in [2.75, 3.05) is 33.4 Å². The molecular weight excluding hydrogens is 407 g/mol. The third kappa shape index (κ3) is 8.95. The fourth-order valence-electron chi connectivity index (χ4n) is 2.12. The molecule has 6 nitrogen and oxygen atoms in total. The van der Waals surface area contributed by atoms with Gasteiger partial charge in [-0.3, -0.25) is 9.79 Å². The third-order valence-corrected chi connectivity index (χ3v) is 3.34. The lowest BCUT2D eigenvalue weighted by Crippen LogP contribution is -2.39. The SMILES string of the molecule is CCOCCNC(=NC)NCCCCn1c(C)cccc1=O.I. The summed E-state index contributed by atoms with van der Waals surface area (Å²) in [6.07, 6.45) is 1.93. The van der Waals surface area contributed by atoms with Crippen molar-refractivity contribution in [3.8, 4) is 0 Å². The molecule has 1 aromatic rings. The van der Waals surface area contributed by atoms with Crippen molar-refractivity contribution in [3.05, 3.63) is 34.2 Å². The molecule has 2 N–H and O–H groups in total. The molecule has 0 aromatic carbocycles. The Hall–Kier alpha value is -1.09. The summed E-state index contributed by atoms with van der Waals surface area (Å²) >= 11 is 0. The van der Waals surface area contributed by atoms with Crippen LogP contribution < -0.4 is 16.2 Å². The van der Waals surface area contributed by atoms with Crippen molar-refractivity contribution >= 4 is 29.9 Å². The number of hydrogen-bond donors (Lipinski definition) is 2. The van der Waals surface area contributed by atoms with E-state index in [0.29, 0.717) is 6.61 Å². The molecule has 23 heavy (non-hydrogen) atoms. The van der Waals surface area contributed by atoms with E-state index in [-0.39, 0.29) is 29.5 Å². The zero-order chi connectivity index (χ0) is 16.2. The molecule has 0 aliphatic carbocycles. The van der Waals surface area contributed by atoms with E-state index in [1.54, 1.807) is 19.2 Å². The first-order valence-electron chi connectivity index (χ1n) is 7.87. The Kier molecular flexibility index (Phi) is 12.7. The maximum atomic E-state index is 11.7. The lowest BCUT2D eigenvalue weighted by Gasteiger charge is -2.12. The molecule has 0 spiro atoms. The topological polar surface area (TPSA) is 67.7 Å². The average molecular weight is 436 g/mol. The standard InChI is InChI=1S/C16H28N4O2.HI/c1-4-22-13-11-19-16(17-3)18-10-5-6-12-20-14(2)8-7-9-15(20)21;/h7-9H,4-6,10-13H2,1-3H3,(H2,17,18,19);1H. The maximum absolute atomic E-state index is 11.7. The van der Waals surface area contributed by atoms with Crippen molar-refractivity contribution in [2.24, 2.45) is 4.99 Å². The number of aliphatic imine (C=N–C) groups is 1. The van der Waals surface area contributed by atoms with Crippen molar-refractivity contribution < 1.29 is 4.74 Å². The summed E-state index contributed by atoms with van der Waals surface area (Å²) in [7, 11) is 1.75. The fourth-order valence-corrected chi connectivity index (χ4v) is 2.12. The number of unbranched alkanes of at least 4 members (excludes halogenated alkanes) is 1. The van der Waals surface area contributed by atoms with Crippen LogP contribution >= 0.6 is 24.0 Å². The molecule has 0 fully saturated rings. The van der Waals surface area contributed by atoms with Gasteiger partial charge in [-0.05, 0) is 32.8 Å². The van der Waals surface area contributed by atoms with E-state index < -0.39 is 0 Å². The van der Waals surface area contributed by atoms with Crippen LogP contribution in [0, 0.1) is 6.92 Å². The van der Waals surface area contributed by atoms with E-state index in [1.165, 1.54) is 0 Å². The van der Waals surface area contributed by atoms with Gasteiger partial charge in [-0.25, -0.2) is 0 Å². The molecule has 1 rings (SSSR count). The maximum Gasteiger partial charge on any atom is 0.250 e. The first-order valence-corrected chi connectivity index (χ1v) is 7.87. The number of hydrogen-bond acceptors (Lipinski definition) is 3. The molecule has 132 valence electrons.